The predicted molar refractivity (Wildman–Crippen MR) is 51.1 cm³/mol. The summed E-state index contributed by atoms with van der Waals surface area (Å²) in [7, 11) is 0. The van der Waals surface area contributed by atoms with Gasteiger partial charge in [-0.05, 0) is 12.1 Å². The highest BCUT2D eigenvalue weighted by Gasteiger charge is 2.38. The molecule has 13 heavy (non-hydrogen) atoms. The lowest BCUT2D eigenvalue weighted by Gasteiger charge is -2.27. The minimum atomic E-state index is -2.71. The lowest BCUT2D eigenvalue weighted by molar-refractivity contribution is -0.0129. The fourth-order valence-electron chi connectivity index (χ4n) is 1.52. The molecule has 1 aromatic rings. The molecule has 1 heterocycles. The van der Waals surface area contributed by atoms with Crippen LogP contribution in [-0.4, -0.2) is 6.54 Å². The van der Waals surface area contributed by atoms with Crippen LogP contribution in [0.25, 0.3) is 0 Å². The van der Waals surface area contributed by atoms with Gasteiger partial charge in [0.2, 0.25) is 0 Å². The van der Waals surface area contributed by atoms with Crippen molar-refractivity contribution in [2.24, 2.45) is 0 Å². The van der Waals surface area contributed by atoms with Gasteiger partial charge in [-0.2, -0.15) is 0 Å². The normalized spacial score (nSPS) is 19.0. The van der Waals surface area contributed by atoms with E-state index in [0.717, 1.165) is 0 Å². The zero-order valence-electron chi connectivity index (χ0n) is 6.78. The smallest absolute Gasteiger partial charge is 0.278 e. The van der Waals surface area contributed by atoms with Gasteiger partial charge in [-0.1, -0.05) is 22.0 Å². The van der Waals surface area contributed by atoms with E-state index in [-0.39, 0.29) is 12.0 Å². The number of hydrogen-bond donors (Lipinski definition) is 1. The number of hydrogen-bond acceptors (Lipinski definition) is 1. The van der Waals surface area contributed by atoms with Crippen molar-refractivity contribution in [3.8, 4) is 0 Å². The highest BCUT2D eigenvalue weighted by molar-refractivity contribution is 9.10. The van der Waals surface area contributed by atoms with E-state index >= 15 is 0 Å². The molecule has 0 radical (unpaired) electrons. The van der Waals surface area contributed by atoms with Crippen LogP contribution < -0.4 is 5.32 Å². The molecule has 1 aromatic carbocycles. The van der Waals surface area contributed by atoms with Crippen LogP contribution in [0, 0.1) is 0 Å². The molecule has 1 aliphatic rings. The molecular formula is C9H8BrF2N. The zero-order valence-corrected chi connectivity index (χ0v) is 8.37. The Morgan fingerprint density at radius 3 is 2.85 bits per heavy atom. The molecule has 0 amide bonds. The number of nitrogens with one attached hydrogen (secondary N) is 1. The molecule has 0 unspecified atom stereocenters. The maximum Gasteiger partial charge on any atom is 0.278 e. The maximum atomic E-state index is 13.4. The van der Waals surface area contributed by atoms with Crippen LogP contribution in [-0.2, 0) is 5.92 Å². The van der Waals surface area contributed by atoms with Gasteiger partial charge >= 0.3 is 0 Å². The molecular weight excluding hydrogens is 240 g/mol. The summed E-state index contributed by atoms with van der Waals surface area (Å²) in [4.78, 5) is 0. The van der Waals surface area contributed by atoms with Crippen molar-refractivity contribution < 1.29 is 8.78 Å². The molecule has 0 bridgehead atoms. The van der Waals surface area contributed by atoms with Crippen molar-refractivity contribution in [2.45, 2.75) is 12.3 Å². The third-order valence-electron chi connectivity index (χ3n) is 2.13. The molecule has 0 fully saturated rings. The van der Waals surface area contributed by atoms with Crippen molar-refractivity contribution in [1.29, 1.82) is 0 Å². The number of halogens is 3. The topological polar surface area (TPSA) is 12.0 Å². The SMILES string of the molecule is FC1(F)CCNc2cccc(Br)c21. The van der Waals surface area contributed by atoms with Crippen molar-refractivity contribution in [3.63, 3.8) is 0 Å². The first-order chi connectivity index (χ1) is 6.11. The fraction of sp³-hybridized carbons (Fsp3) is 0.333. The zero-order chi connectivity index (χ0) is 9.47. The van der Waals surface area contributed by atoms with Crippen LogP contribution in [0.5, 0.6) is 0 Å². The molecule has 0 aromatic heterocycles. The van der Waals surface area contributed by atoms with Crippen molar-refractivity contribution in [1.82, 2.24) is 0 Å². The fourth-order valence-corrected chi connectivity index (χ4v) is 2.18. The summed E-state index contributed by atoms with van der Waals surface area (Å²) < 4.78 is 27.3. The second kappa shape index (κ2) is 2.94. The van der Waals surface area contributed by atoms with Gasteiger partial charge in [0, 0.05) is 23.1 Å². The molecule has 0 spiro atoms. The van der Waals surface area contributed by atoms with Crippen molar-refractivity contribution in [3.05, 3.63) is 28.2 Å². The third-order valence-corrected chi connectivity index (χ3v) is 2.79. The number of fused-ring (bicyclic) bond motifs is 1. The lowest BCUT2D eigenvalue weighted by atomic mass is 10.00. The van der Waals surface area contributed by atoms with Crippen molar-refractivity contribution >= 4 is 21.6 Å². The van der Waals surface area contributed by atoms with Crippen LogP contribution in [0.2, 0.25) is 0 Å². The van der Waals surface area contributed by atoms with Crippen LogP contribution in [0.3, 0.4) is 0 Å². The number of rotatable bonds is 0. The average molecular weight is 248 g/mol. The van der Waals surface area contributed by atoms with Gasteiger partial charge < -0.3 is 5.32 Å². The maximum absolute atomic E-state index is 13.4. The third kappa shape index (κ3) is 1.43. The number of anilines is 1. The van der Waals surface area contributed by atoms with E-state index in [0.29, 0.717) is 16.7 Å². The summed E-state index contributed by atoms with van der Waals surface area (Å²) >= 11 is 3.14. The minimum Gasteiger partial charge on any atom is -0.384 e. The number of benzene rings is 1. The Bertz CT molecular complexity index is 338. The molecule has 0 saturated heterocycles. The van der Waals surface area contributed by atoms with Gasteiger partial charge in [0.05, 0.1) is 5.56 Å². The summed E-state index contributed by atoms with van der Waals surface area (Å²) in [6, 6.07) is 5.06. The van der Waals surface area contributed by atoms with E-state index < -0.39 is 5.92 Å². The largest absolute Gasteiger partial charge is 0.384 e. The first-order valence-corrected chi connectivity index (χ1v) is 4.81. The first-order valence-electron chi connectivity index (χ1n) is 4.02. The molecule has 2 rings (SSSR count). The van der Waals surface area contributed by atoms with Gasteiger partial charge in [0.15, 0.2) is 0 Å². The molecule has 0 atom stereocenters. The lowest BCUT2D eigenvalue weighted by Crippen LogP contribution is -2.26. The van der Waals surface area contributed by atoms with Crippen LogP contribution in [0.4, 0.5) is 14.5 Å². The molecule has 1 nitrogen and oxygen atoms in total. The summed E-state index contributed by atoms with van der Waals surface area (Å²) in [5.74, 6) is -2.71. The van der Waals surface area contributed by atoms with E-state index in [1.54, 1.807) is 18.2 Å². The van der Waals surface area contributed by atoms with Gasteiger partial charge in [0.1, 0.15) is 0 Å². The van der Waals surface area contributed by atoms with E-state index in [2.05, 4.69) is 21.2 Å². The first kappa shape index (κ1) is 8.94. The predicted octanol–water partition coefficient (Wildman–Crippen LogP) is 3.36. The summed E-state index contributed by atoms with van der Waals surface area (Å²) in [6.45, 7) is 0.330. The monoisotopic (exact) mass is 247 g/mol. The Labute approximate surface area is 83.3 Å². The van der Waals surface area contributed by atoms with E-state index in [1.807, 2.05) is 0 Å². The molecule has 70 valence electrons. The molecule has 1 N–H and O–H groups in total. The van der Waals surface area contributed by atoms with Crippen molar-refractivity contribution in [2.75, 3.05) is 11.9 Å². The van der Waals surface area contributed by atoms with E-state index in [9.17, 15) is 8.78 Å². The van der Waals surface area contributed by atoms with E-state index in [4.69, 9.17) is 0 Å². The average Bonchev–Trinajstić information content (AvgIpc) is 2.02. The van der Waals surface area contributed by atoms with Crippen LogP contribution in [0.1, 0.15) is 12.0 Å². The Balaban J connectivity index is 2.61. The Morgan fingerprint density at radius 2 is 2.15 bits per heavy atom. The molecule has 1 aliphatic heterocycles. The minimum absolute atomic E-state index is 0.0845. The Kier molecular flexibility index (Phi) is 2.02. The van der Waals surface area contributed by atoms with Gasteiger partial charge in [-0.15, -0.1) is 0 Å². The van der Waals surface area contributed by atoms with Gasteiger partial charge in [-0.25, -0.2) is 8.78 Å². The highest BCUT2D eigenvalue weighted by atomic mass is 79.9. The summed E-state index contributed by atoms with van der Waals surface area (Å²) in [6.07, 6.45) is -0.136. The standard InChI is InChI=1S/C9H8BrF2N/c10-6-2-1-3-7-8(6)9(11,12)4-5-13-7/h1-3,13H,4-5H2. The Morgan fingerprint density at radius 1 is 1.38 bits per heavy atom. The second-order valence-electron chi connectivity index (χ2n) is 3.04. The van der Waals surface area contributed by atoms with E-state index in [1.165, 1.54) is 0 Å². The van der Waals surface area contributed by atoms with Gasteiger partial charge in [0.25, 0.3) is 5.92 Å². The molecule has 0 saturated carbocycles. The van der Waals surface area contributed by atoms with Crippen LogP contribution in [0.15, 0.2) is 22.7 Å². The summed E-state index contributed by atoms with van der Waals surface area (Å²) in [5, 5.41) is 2.95. The van der Waals surface area contributed by atoms with Gasteiger partial charge in [-0.3, -0.25) is 0 Å². The molecule has 4 heteroatoms. The quantitative estimate of drug-likeness (QED) is 0.742. The molecule has 0 aliphatic carbocycles. The number of alkyl halides is 2. The van der Waals surface area contributed by atoms with Crippen LogP contribution >= 0.6 is 15.9 Å². The Hall–Kier alpha value is -0.640. The second-order valence-corrected chi connectivity index (χ2v) is 3.90. The highest BCUT2D eigenvalue weighted by Crippen LogP contribution is 2.43. The summed E-state index contributed by atoms with van der Waals surface area (Å²) in [5.41, 5.74) is 0.617.